The molecule has 0 heterocycles. The third-order valence-corrected chi connectivity index (χ3v) is 7.23. The lowest BCUT2D eigenvalue weighted by atomic mass is 10.0. The van der Waals surface area contributed by atoms with E-state index in [9.17, 15) is 15.0 Å². The maximum Gasteiger partial charge on any atom is 0.306 e. The Morgan fingerprint density at radius 2 is 0.914 bits per heavy atom. The number of hydrogen-bond donors (Lipinski definition) is 2. The number of carbonyl (C=O) groups is 1. The number of aliphatic hydroxyl groups is 2. The van der Waals surface area contributed by atoms with Gasteiger partial charge in [0.1, 0.15) is 12.2 Å². The van der Waals surface area contributed by atoms with E-state index in [4.69, 9.17) is 4.74 Å². The molecule has 0 saturated carbocycles. The van der Waals surface area contributed by atoms with E-state index in [1.165, 1.54) is 122 Å². The summed E-state index contributed by atoms with van der Waals surface area (Å²) >= 11 is 0. The average Bonchev–Trinajstić information content (AvgIpc) is 2.86. The van der Waals surface area contributed by atoms with Crippen molar-refractivity contribution in [3.8, 4) is 0 Å². The van der Waals surface area contributed by atoms with Gasteiger partial charge in [-0.05, 0) is 19.3 Å². The summed E-state index contributed by atoms with van der Waals surface area (Å²) in [6.07, 6.45) is 28.7. The first-order chi connectivity index (χ1) is 17.2. The third kappa shape index (κ3) is 24.8. The zero-order valence-corrected chi connectivity index (χ0v) is 23.8. The highest BCUT2D eigenvalue weighted by Crippen LogP contribution is 2.17. The lowest BCUT2D eigenvalue weighted by molar-refractivity contribution is -0.157. The summed E-state index contributed by atoms with van der Waals surface area (Å²) in [5.41, 5.74) is 0. The zero-order valence-electron chi connectivity index (χ0n) is 23.8. The summed E-state index contributed by atoms with van der Waals surface area (Å²) in [7, 11) is 0. The number of carbonyl (C=O) groups excluding carboxylic acids is 1. The molecule has 0 radical (unpaired) electrons. The maximum atomic E-state index is 12.2. The summed E-state index contributed by atoms with van der Waals surface area (Å²) in [6, 6.07) is 0. The highest BCUT2D eigenvalue weighted by Gasteiger charge is 2.22. The molecule has 0 aromatic rings. The lowest BCUT2D eigenvalue weighted by Crippen LogP contribution is -2.34. The van der Waals surface area contributed by atoms with E-state index in [2.05, 4.69) is 13.8 Å². The molecule has 4 heteroatoms. The van der Waals surface area contributed by atoms with Crippen LogP contribution in [-0.4, -0.2) is 35.0 Å². The van der Waals surface area contributed by atoms with E-state index in [1.54, 1.807) is 0 Å². The number of esters is 1. The smallest absolute Gasteiger partial charge is 0.306 e. The predicted octanol–water partition coefficient (Wildman–Crippen LogP) is 9.04. The Bertz CT molecular complexity index is 426. The number of unbranched alkanes of at least 4 members (excludes halogenated alkanes) is 21. The minimum atomic E-state index is -0.968. The highest BCUT2D eigenvalue weighted by atomic mass is 16.6. The van der Waals surface area contributed by atoms with Crippen molar-refractivity contribution < 1.29 is 19.7 Å². The second kappa shape index (κ2) is 28.0. The Morgan fingerprint density at radius 3 is 1.29 bits per heavy atom. The Hall–Kier alpha value is -0.610. The fourth-order valence-corrected chi connectivity index (χ4v) is 4.80. The van der Waals surface area contributed by atoms with Crippen molar-refractivity contribution in [2.75, 3.05) is 6.61 Å². The molecular formula is C31H62O4. The van der Waals surface area contributed by atoms with Crippen LogP contribution in [0.5, 0.6) is 0 Å². The molecule has 0 aliphatic carbocycles. The first-order valence-corrected chi connectivity index (χ1v) is 15.6. The van der Waals surface area contributed by atoms with Crippen LogP contribution in [0.1, 0.15) is 174 Å². The van der Waals surface area contributed by atoms with Gasteiger partial charge in [0, 0.05) is 6.42 Å². The van der Waals surface area contributed by atoms with Crippen molar-refractivity contribution >= 4 is 5.97 Å². The SMILES string of the molecule is CCCCCCCCCCCCCCCCC(OC(=O)CCCCCCCCCCC)C(O)CO. The Balaban J connectivity index is 3.68. The van der Waals surface area contributed by atoms with Crippen molar-refractivity contribution in [1.29, 1.82) is 0 Å². The maximum absolute atomic E-state index is 12.2. The molecule has 2 unspecified atom stereocenters. The van der Waals surface area contributed by atoms with Gasteiger partial charge in [-0.1, -0.05) is 149 Å². The van der Waals surface area contributed by atoms with Crippen LogP contribution in [0.4, 0.5) is 0 Å². The van der Waals surface area contributed by atoms with E-state index in [1.807, 2.05) is 0 Å². The molecule has 35 heavy (non-hydrogen) atoms. The van der Waals surface area contributed by atoms with Crippen molar-refractivity contribution in [1.82, 2.24) is 0 Å². The second-order valence-electron chi connectivity index (χ2n) is 10.7. The van der Waals surface area contributed by atoms with Crippen LogP contribution in [0, 0.1) is 0 Å². The molecule has 0 saturated heterocycles. The van der Waals surface area contributed by atoms with Crippen LogP contribution in [0.2, 0.25) is 0 Å². The number of aliphatic hydroxyl groups excluding tert-OH is 2. The first kappa shape index (κ1) is 34.4. The Morgan fingerprint density at radius 1 is 0.571 bits per heavy atom. The molecule has 0 amide bonds. The number of ether oxygens (including phenoxy) is 1. The van der Waals surface area contributed by atoms with Crippen LogP contribution in [0.15, 0.2) is 0 Å². The summed E-state index contributed by atoms with van der Waals surface area (Å²) in [4.78, 5) is 12.2. The molecule has 0 aromatic carbocycles. The molecule has 2 N–H and O–H groups in total. The minimum Gasteiger partial charge on any atom is -0.460 e. The number of rotatable bonds is 28. The van der Waals surface area contributed by atoms with Crippen LogP contribution >= 0.6 is 0 Å². The van der Waals surface area contributed by atoms with Crippen molar-refractivity contribution in [2.24, 2.45) is 0 Å². The molecule has 4 nitrogen and oxygen atoms in total. The summed E-state index contributed by atoms with van der Waals surface area (Å²) in [5, 5.41) is 19.4. The van der Waals surface area contributed by atoms with Crippen molar-refractivity contribution in [3.63, 3.8) is 0 Å². The molecular weight excluding hydrogens is 436 g/mol. The fraction of sp³-hybridized carbons (Fsp3) is 0.968. The van der Waals surface area contributed by atoms with Gasteiger partial charge < -0.3 is 14.9 Å². The molecule has 0 aliphatic heterocycles. The molecule has 210 valence electrons. The van der Waals surface area contributed by atoms with E-state index >= 15 is 0 Å². The lowest BCUT2D eigenvalue weighted by Gasteiger charge is -2.22. The van der Waals surface area contributed by atoms with E-state index in [0.29, 0.717) is 12.8 Å². The predicted molar refractivity (Wildman–Crippen MR) is 150 cm³/mol. The largest absolute Gasteiger partial charge is 0.460 e. The fourth-order valence-electron chi connectivity index (χ4n) is 4.80. The average molecular weight is 499 g/mol. The summed E-state index contributed by atoms with van der Waals surface area (Å²) < 4.78 is 5.54. The third-order valence-electron chi connectivity index (χ3n) is 7.23. The molecule has 0 aliphatic rings. The number of hydrogen-bond acceptors (Lipinski definition) is 4. The Kier molecular flexibility index (Phi) is 27.5. The molecule has 0 aromatic heterocycles. The van der Waals surface area contributed by atoms with Crippen LogP contribution in [0.3, 0.4) is 0 Å². The van der Waals surface area contributed by atoms with Gasteiger partial charge in [0.15, 0.2) is 0 Å². The van der Waals surface area contributed by atoms with Crippen molar-refractivity contribution in [3.05, 3.63) is 0 Å². The highest BCUT2D eigenvalue weighted by molar-refractivity contribution is 5.69. The molecule has 0 spiro atoms. The zero-order chi connectivity index (χ0) is 25.8. The topological polar surface area (TPSA) is 66.8 Å². The van der Waals surface area contributed by atoms with E-state index in [0.717, 1.165) is 25.7 Å². The Labute approximate surface area is 219 Å². The van der Waals surface area contributed by atoms with Gasteiger partial charge in [-0.25, -0.2) is 0 Å². The van der Waals surface area contributed by atoms with Gasteiger partial charge in [-0.2, -0.15) is 0 Å². The molecule has 2 atom stereocenters. The van der Waals surface area contributed by atoms with Gasteiger partial charge in [0.2, 0.25) is 0 Å². The quantitative estimate of drug-likeness (QED) is 0.0834. The van der Waals surface area contributed by atoms with Crippen LogP contribution in [0.25, 0.3) is 0 Å². The van der Waals surface area contributed by atoms with Gasteiger partial charge in [-0.3, -0.25) is 4.79 Å². The molecule has 0 rings (SSSR count). The van der Waals surface area contributed by atoms with Gasteiger partial charge >= 0.3 is 5.97 Å². The minimum absolute atomic E-state index is 0.226. The van der Waals surface area contributed by atoms with Gasteiger partial charge in [-0.15, -0.1) is 0 Å². The molecule has 0 bridgehead atoms. The standard InChI is InChI=1S/C31H62O4/c1-3-5-7-9-11-13-14-15-16-17-19-20-22-24-26-30(29(33)28-32)35-31(34)27-25-23-21-18-12-10-8-6-4-2/h29-30,32-33H,3-28H2,1-2H3. The monoisotopic (exact) mass is 498 g/mol. The summed E-state index contributed by atoms with van der Waals surface area (Å²) in [5.74, 6) is -0.226. The second-order valence-corrected chi connectivity index (χ2v) is 10.7. The van der Waals surface area contributed by atoms with Crippen molar-refractivity contribution in [2.45, 2.75) is 187 Å². The summed E-state index contributed by atoms with van der Waals surface area (Å²) in [6.45, 7) is 4.16. The van der Waals surface area contributed by atoms with Gasteiger partial charge in [0.05, 0.1) is 6.61 Å². The van der Waals surface area contributed by atoms with Crippen LogP contribution in [-0.2, 0) is 9.53 Å². The first-order valence-electron chi connectivity index (χ1n) is 15.6. The van der Waals surface area contributed by atoms with Gasteiger partial charge in [0.25, 0.3) is 0 Å². The molecule has 0 fully saturated rings. The normalized spacial score (nSPS) is 13.1. The van der Waals surface area contributed by atoms with E-state index in [-0.39, 0.29) is 12.6 Å². The van der Waals surface area contributed by atoms with E-state index < -0.39 is 12.2 Å². The van der Waals surface area contributed by atoms with Crippen LogP contribution < -0.4 is 0 Å².